The van der Waals surface area contributed by atoms with Crippen LogP contribution in [-0.4, -0.2) is 27.4 Å². The molecule has 150 valence electrons. The van der Waals surface area contributed by atoms with Crippen LogP contribution in [0.2, 0.25) is 0 Å². The lowest BCUT2D eigenvalue weighted by Crippen LogP contribution is -2.52. The number of nitrogens with zero attached hydrogens (tertiary/aromatic N) is 3. The van der Waals surface area contributed by atoms with Gasteiger partial charge in [-0.25, -0.2) is 9.80 Å². The molecule has 0 saturated heterocycles. The Bertz CT molecular complexity index is 869. The second-order valence-electron chi connectivity index (χ2n) is 8.93. The van der Waals surface area contributed by atoms with Crippen molar-refractivity contribution in [3.63, 3.8) is 0 Å². The topological polar surface area (TPSA) is 85.0 Å². The molecule has 2 fully saturated rings. The summed E-state index contributed by atoms with van der Waals surface area (Å²) in [5.74, 6) is 0.143. The monoisotopic (exact) mass is 403 g/mol. The van der Waals surface area contributed by atoms with Crippen LogP contribution < -0.4 is 5.01 Å². The van der Waals surface area contributed by atoms with Crippen LogP contribution in [0.15, 0.2) is 29.4 Å². The molecule has 0 unspecified atom stereocenters. The lowest BCUT2D eigenvalue weighted by molar-refractivity contribution is -0.384. The van der Waals surface area contributed by atoms with E-state index in [2.05, 4.69) is 25.9 Å². The van der Waals surface area contributed by atoms with Crippen molar-refractivity contribution in [1.82, 2.24) is 0 Å². The number of esters is 1. The highest BCUT2D eigenvalue weighted by Gasteiger charge is 2.70. The fourth-order valence-corrected chi connectivity index (χ4v) is 6.93. The number of hydrogen-bond acceptors (Lipinski definition) is 7. The van der Waals surface area contributed by atoms with Crippen molar-refractivity contribution in [3.05, 3.63) is 34.4 Å². The number of hydrogen-bond donors (Lipinski definition) is 0. The van der Waals surface area contributed by atoms with Crippen LogP contribution >= 0.6 is 11.8 Å². The predicted molar refractivity (Wildman–Crippen MR) is 109 cm³/mol. The van der Waals surface area contributed by atoms with E-state index in [1.807, 2.05) is 5.01 Å². The number of thioether (sulfide) groups is 1. The van der Waals surface area contributed by atoms with Crippen LogP contribution in [0.1, 0.15) is 47.0 Å². The first-order valence-electron chi connectivity index (χ1n) is 9.61. The SMILES string of the molecule is CCOC(=O)C1=NN(c2ccc([N+](=O)[O-])cc2)[C@]2(C[C@H]3C[C@]2(C)CC3(C)C)S1. The Labute approximate surface area is 168 Å². The third kappa shape index (κ3) is 2.64. The summed E-state index contributed by atoms with van der Waals surface area (Å²) in [5.41, 5.74) is 1.04. The van der Waals surface area contributed by atoms with Gasteiger partial charge in [-0.05, 0) is 49.7 Å². The molecule has 1 heterocycles. The molecule has 1 aromatic rings. The number of anilines is 1. The van der Waals surface area contributed by atoms with E-state index in [9.17, 15) is 14.9 Å². The Hall–Kier alpha value is -2.09. The Balaban J connectivity index is 1.76. The van der Waals surface area contributed by atoms with Gasteiger partial charge in [0.25, 0.3) is 5.69 Å². The Kier molecular flexibility index (Phi) is 4.26. The van der Waals surface area contributed by atoms with E-state index >= 15 is 0 Å². The van der Waals surface area contributed by atoms with Crippen molar-refractivity contribution in [1.29, 1.82) is 0 Å². The number of ether oxygens (including phenoxy) is 1. The molecular weight excluding hydrogens is 378 g/mol. The molecule has 1 spiro atoms. The first kappa shape index (κ1) is 19.2. The van der Waals surface area contributed by atoms with Gasteiger partial charge in [-0.3, -0.25) is 10.1 Å². The number of benzene rings is 1. The van der Waals surface area contributed by atoms with Gasteiger partial charge in [-0.1, -0.05) is 32.5 Å². The smallest absolute Gasteiger partial charge is 0.365 e. The highest BCUT2D eigenvalue weighted by Crippen LogP contribution is 2.72. The van der Waals surface area contributed by atoms with Gasteiger partial charge in [0.15, 0.2) is 0 Å². The molecule has 4 rings (SSSR count). The number of fused-ring (bicyclic) bond motifs is 3. The summed E-state index contributed by atoms with van der Waals surface area (Å²) in [6, 6.07) is 6.42. The predicted octanol–water partition coefficient (Wildman–Crippen LogP) is 4.57. The number of carbonyl (C=O) groups is 1. The Morgan fingerprint density at radius 3 is 2.50 bits per heavy atom. The summed E-state index contributed by atoms with van der Waals surface area (Å²) in [6.07, 6.45) is 3.05. The minimum atomic E-state index is -0.410. The summed E-state index contributed by atoms with van der Waals surface area (Å²) in [7, 11) is 0. The molecule has 1 aliphatic heterocycles. The average Bonchev–Trinajstić information content (AvgIpc) is 3.22. The van der Waals surface area contributed by atoms with Crippen LogP contribution in [0, 0.1) is 26.9 Å². The lowest BCUT2D eigenvalue weighted by atomic mass is 9.69. The summed E-state index contributed by atoms with van der Waals surface area (Å²) in [5, 5.41) is 18.0. The highest BCUT2D eigenvalue weighted by atomic mass is 32.2. The molecule has 28 heavy (non-hydrogen) atoms. The zero-order valence-corrected chi connectivity index (χ0v) is 17.4. The minimum absolute atomic E-state index is 0.0225. The molecule has 0 amide bonds. The maximum absolute atomic E-state index is 12.5. The molecule has 2 saturated carbocycles. The molecule has 0 N–H and O–H groups in total. The maximum Gasteiger partial charge on any atom is 0.365 e. The van der Waals surface area contributed by atoms with E-state index in [1.54, 1.807) is 19.1 Å². The van der Waals surface area contributed by atoms with E-state index in [0.29, 0.717) is 17.6 Å². The quantitative estimate of drug-likeness (QED) is 0.416. The molecule has 7 nitrogen and oxygen atoms in total. The number of non-ortho nitro benzene ring substituents is 1. The minimum Gasteiger partial charge on any atom is -0.461 e. The second-order valence-corrected chi connectivity index (χ2v) is 10.2. The Morgan fingerprint density at radius 1 is 1.32 bits per heavy atom. The number of rotatable bonds is 4. The van der Waals surface area contributed by atoms with E-state index in [1.165, 1.54) is 23.9 Å². The maximum atomic E-state index is 12.5. The summed E-state index contributed by atoms with van der Waals surface area (Å²) in [4.78, 5) is 22.7. The normalized spacial score (nSPS) is 32.6. The first-order chi connectivity index (χ1) is 13.1. The number of carbonyl (C=O) groups excluding carboxylic acids is 1. The van der Waals surface area contributed by atoms with Gasteiger partial charge in [0.1, 0.15) is 4.87 Å². The van der Waals surface area contributed by atoms with Gasteiger partial charge in [0.05, 0.1) is 17.2 Å². The van der Waals surface area contributed by atoms with E-state index in [-0.39, 0.29) is 21.4 Å². The van der Waals surface area contributed by atoms with Gasteiger partial charge < -0.3 is 4.74 Å². The number of hydrazone groups is 1. The summed E-state index contributed by atoms with van der Waals surface area (Å²) < 4.78 is 5.21. The number of nitro benzene ring substituents is 1. The van der Waals surface area contributed by atoms with Gasteiger partial charge >= 0.3 is 5.97 Å². The fraction of sp³-hybridized carbons (Fsp3) is 0.600. The van der Waals surface area contributed by atoms with Crippen LogP contribution in [0.25, 0.3) is 0 Å². The van der Waals surface area contributed by atoms with E-state index in [4.69, 9.17) is 4.74 Å². The molecule has 0 radical (unpaired) electrons. The molecule has 0 aromatic heterocycles. The van der Waals surface area contributed by atoms with Crippen molar-refractivity contribution >= 4 is 34.1 Å². The number of nitro groups is 1. The van der Waals surface area contributed by atoms with Crippen molar-refractivity contribution in [2.75, 3.05) is 11.6 Å². The third-order valence-electron chi connectivity index (χ3n) is 6.67. The van der Waals surface area contributed by atoms with Gasteiger partial charge in [-0.2, -0.15) is 5.10 Å². The summed E-state index contributed by atoms with van der Waals surface area (Å²) >= 11 is 1.51. The molecular formula is C20H25N3O4S. The molecule has 2 aliphatic carbocycles. The van der Waals surface area contributed by atoms with E-state index in [0.717, 1.165) is 24.9 Å². The van der Waals surface area contributed by atoms with Crippen LogP contribution in [0.4, 0.5) is 11.4 Å². The zero-order valence-electron chi connectivity index (χ0n) is 16.6. The van der Waals surface area contributed by atoms with Gasteiger partial charge in [-0.15, -0.1) is 0 Å². The van der Waals surface area contributed by atoms with Crippen LogP contribution in [0.3, 0.4) is 0 Å². The van der Waals surface area contributed by atoms with Gasteiger partial charge in [0, 0.05) is 17.5 Å². The second kappa shape index (κ2) is 6.20. The van der Waals surface area contributed by atoms with Gasteiger partial charge in [0.2, 0.25) is 5.04 Å². The van der Waals surface area contributed by atoms with Crippen molar-refractivity contribution in [2.45, 2.75) is 51.8 Å². The van der Waals surface area contributed by atoms with E-state index < -0.39 is 10.9 Å². The van der Waals surface area contributed by atoms with Crippen molar-refractivity contribution in [2.24, 2.45) is 21.8 Å². The molecule has 1 aromatic carbocycles. The highest BCUT2D eigenvalue weighted by molar-refractivity contribution is 8.17. The standard InChI is InChI=1S/C20H25N3O4S/c1-5-27-17(24)16-21-22(14-6-8-15(9-7-14)23(25)26)20(28-16)11-13-10-19(20,4)12-18(13,2)3/h6-9,13H,5,10-12H2,1-4H3/t13-,19-,20-/m1/s1. The van der Waals surface area contributed by atoms with Crippen molar-refractivity contribution in [3.8, 4) is 0 Å². The third-order valence-corrected chi connectivity index (χ3v) is 8.28. The molecule has 8 heteroatoms. The summed E-state index contributed by atoms with van der Waals surface area (Å²) in [6.45, 7) is 9.01. The van der Waals surface area contributed by atoms with Crippen LogP contribution in [-0.2, 0) is 9.53 Å². The van der Waals surface area contributed by atoms with Crippen LogP contribution in [0.5, 0.6) is 0 Å². The van der Waals surface area contributed by atoms with Crippen molar-refractivity contribution < 1.29 is 14.5 Å². The largest absolute Gasteiger partial charge is 0.461 e. The fourth-order valence-electron chi connectivity index (χ4n) is 5.43. The molecule has 3 aliphatic rings. The first-order valence-corrected chi connectivity index (χ1v) is 10.4. The lowest BCUT2D eigenvalue weighted by Gasteiger charge is -2.49. The average molecular weight is 404 g/mol. The molecule has 2 bridgehead atoms. The Morgan fingerprint density at radius 2 is 2.00 bits per heavy atom. The molecule has 3 atom stereocenters. The zero-order chi connectivity index (χ0) is 20.3.